The summed E-state index contributed by atoms with van der Waals surface area (Å²) in [6.45, 7) is 1.43. The van der Waals surface area contributed by atoms with Crippen molar-refractivity contribution >= 4 is 21.6 Å². The minimum atomic E-state index is -3.29. The predicted molar refractivity (Wildman–Crippen MR) is 73.1 cm³/mol. The number of sulfonamides is 1. The van der Waals surface area contributed by atoms with Crippen LogP contribution in [-0.2, 0) is 15.8 Å². The largest absolute Gasteiger partial charge is 0.313 e. The molecule has 2 N–H and O–H groups in total. The van der Waals surface area contributed by atoms with Gasteiger partial charge >= 0.3 is 0 Å². The number of hydrogen-bond donors (Lipinski definition) is 2. The molecule has 1 aromatic rings. The van der Waals surface area contributed by atoms with Crippen LogP contribution in [0.5, 0.6) is 0 Å². The summed E-state index contributed by atoms with van der Waals surface area (Å²) in [5.41, 5.74) is 0.703. The van der Waals surface area contributed by atoms with Crippen LogP contribution in [0.1, 0.15) is 18.4 Å². The first-order chi connectivity index (χ1) is 8.55. The van der Waals surface area contributed by atoms with Crippen LogP contribution in [0.15, 0.2) is 24.3 Å². The first-order valence-electron chi connectivity index (χ1n) is 6.00. The Labute approximate surface area is 113 Å². The molecule has 0 radical (unpaired) electrons. The van der Waals surface area contributed by atoms with Gasteiger partial charge in [-0.2, -0.15) is 0 Å². The van der Waals surface area contributed by atoms with Crippen LogP contribution in [0.2, 0.25) is 5.02 Å². The van der Waals surface area contributed by atoms with Gasteiger partial charge in [-0.25, -0.2) is 13.1 Å². The van der Waals surface area contributed by atoms with Crippen molar-refractivity contribution in [1.82, 2.24) is 10.0 Å². The fraction of sp³-hybridized carbons (Fsp3) is 0.500. The van der Waals surface area contributed by atoms with Crippen molar-refractivity contribution in [2.75, 3.05) is 13.1 Å². The highest BCUT2D eigenvalue weighted by Gasteiger charge is 2.17. The molecule has 1 saturated heterocycles. The molecule has 0 spiro atoms. The lowest BCUT2D eigenvalue weighted by Gasteiger charge is -2.12. The molecule has 1 atom stereocenters. The van der Waals surface area contributed by atoms with Gasteiger partial charge < -0.3 is 5.32 Å². The molecule has 4 nitrogen and oxygen atoms in total. The Kier molecular flexibility index (Phi) is 4.61. The minimum absolute atomic E-state index is 0.0275. The lowest BCUT2D eigenvalue weighted by atomic mass is 10.2. The Bertz CT molecular complexity index is 499. The summed E-state index contributed by atoms with van der Waals surface area (Å²) in [6, 6.07) is 7.19. The molecule has 2 rings (SSSR count). The van der Waals surface area contributed by atoms with Crippen molar-refractivity contribution in [2.24, 2.45) is 0 Å². The van der Waals surface area contributed by atoms with Crippen molar-refractivity contribution in [3.63, 3.8) is 0 Å². The Morgan fingerprint density at radius 2 is 2.28 bits per heavy atom. The summed E-state index contributed by atoms with van der Waals surface area (Å²) in [7, 11) is -3.29. The Morgan fingerprint density at radius 1 is 1.44 bits per heavy atom. The Balaban J connectivity index is 1.90. The third kappa shape index (κ3) is 4.24. The molecule has 100 valence electrons. The van der Waals surface area contributed by atoms with Crippen LogP contribution in [0, 0.1) is 0 Å². The zero-order valence-electron chi connectivity index (χ0n) is 10.0. The monoisotopic (exact) mass is 288 g/mol. The van der Waals surface area contributed by atoms with E-state index in [4.69, 9.17) is 11.6 Å². The van der Waals surface area contributed by atoms with Crippen molar-refractivity contribution < 1.29 is 8.42 Å². The van der Waals surface area contributed by atoms with Gasteiger partial charge in [-0.05, 0) is 37.1 Å². The summed E-state index contributed by atoms with van der Waals surface area (Å²) in [4.78, 5) is 0. The summed E-state index contributed by atoms with van der Waals surface area (Å²) in [5.74, 6) is -0.0275. The third-order valence-corrected chi connectivity index (χ3v) is 4.51. The van der Waals surface area contributed by atoms with Crippen molar-refractivity contribution in [2.45, 2.75) is 24.6 Å². The molecule has 1 fully saturated rings. The Morgan fingerprint density at radius 3 is 2.94 bits per heavy atom. The van der Waals surface area contributed by atoms with Gasteiger partial charge in [0, 0.05) is 17.6 Å². The van der Waals surface area contributed by atoms with Crippen LogP contribution in [0.3, 0.4) is 0 Å². The standard InChI is InChI=1S/C12H17ClN2O2S/c13-11-4-1-3-10(7-11)9-18(16,17)15-8-12-5-2-6-14-12/h1,3-4,7,12,14-15H,2,5-6,8-9H2/t12-/m0/s1. The highest BCUT2D eigenvalue weighted by molar-refractivity contribution is 7.88. The highest BCUT2D eigenvalue weighted by atomic mass is 35.5. The van der Waals surface area contributed by atoms with E-state index in [1.165, 1.54) is 0 Å². The molecule has 6 heteroatoms. The normalized spacial score (nSPS) is 20.2. The number of nitrogens with one attached hydrogen (secondary N) is 2. The molecule has 0 aliphatic carbocycles. The lowest BCUT2D eigenvalue weighted by Crippen LogP contribution is -2.37. The molecule has 0 aromatic heterocycles. The molecule has 0 amide bonds. The SMILES string of the molecule is O=S(=O)(Cc1cccc(Cl)c1)NC[C@@H]1CCCN1. The lowest BCUT2D eigenvalue weighted by molar-refractivity contribution is 0.551. The van der Waals surface area contributed by atoms with Gasteiger partial charge in [-0.1, -0.05) is 23.7 Å². The quantitative estimate of drug-likeness (QED) is 0.863. The highest BCUT2D eigenvalue weighted by Crippen LogP contribution is 2.13. The van der Waals surface area contributed by atoms with E-state index in [0.717, 1.165) is 19.4 Å². The van der Waals surface area contributed by atoms with Gasteiger partial charge in [0.2, 0.25) is 10.0 Å². The molecule has 1 aromatic carbocycles. The average Bonchev–Trinajstić information content (AvgIpc) is 2.78. The van der Waals surface area contributed by atoms with E-state index < -0.39 is 10.0 Å². The van der Waals surface area contributed by atoms with E-state index in [0.29, 0.717) is 17.1 Å². The van der Waals surface area contributed by atoms with Crippen molar-refractivity contribution in [3.8, 4) is 0 Å². The fourth-order valence-corrected chi connectivity index (χ4v) is 3.44. The van der Waals surface area contributed by atoms with Crippen LogP contribution in [0.25, 0.3) is 0 Å². The maximum atomic E-state index is 11.9. The van der Waals surface area contributed by atoms with E-state index in [1.807, 2.05) is 0 Å². The molecule has 0 saturated carbocycles. The van der Waals surface area contributed by atoms with Gasteiger partial charge in [0.1, 0.15) is 0 Å². The third-order valence-electron chi connectivity index (χ3n) is 2.96. The van der Waals surface area contributed by atoms with E-state index in [1.54, 1.807) is 24.3 Å². The van der Waals surface area contributed by atoms with E-state index in [9.17, 15) is 8.42 Å². The molecule has 18 heavy (non-hydrogen) atoms. The molecule has 1 aliphatic rings. The van der Waals surface area contributed by atoms with Gasteiger partial charge in [0.05, 0.1) is 5.75 Å². The summed E-state index contributed by atoms with van der Waals surface area (Å²) in [6.07, 6.45) is 2.14. The van der Waals surface area contributed by atoms with Gasteiger partial charge in [0.25, 0.3) is 0 Å². The number of rotatable bonds is 5. The van der Waals surface area contributed by atoms with Gasteiger partial charge in [0.15, 0.2) is 0 Å². The number of benzene rings is 1. The van der Waals surface area contributed by atoms with E-state index >= 15 is 0 Å². The number of halogens is 1. The van der Waals surface area contributed by atoms with E-state index in [2.05, 4.69) is 10.0 Å². The van der Waals surface area contributed by atoms with Gasteiger partial charge in [-0.3, -0.25) is 0 Å². The zero-order chi connectivity index (χ0) is 13.0. The average molecular weight is 289 g/mol. The summed E-state index contributed by atoms with van der Waals surface area (Å²) in [5, 5.41) is 3.81. The minimum Gasteiger partial charge on any atom is -0.313 e. The smallest absolute Gasteiger partial charge is 0.215 e. The maximum Gasteiger partial charge on any atom is 0.215 e. The fourth-order valence-electron chi connectivity index (χ4n) is 2.06. The van der Waals surface area contributed by atoms with Gasteiger partial charge in [-0.15, -0.1) is 0 Å². The van der Waals surface area contributed by atoms with Crippen LogP contribution in [0.4, 0.5) is 0 Å². The Hall–Kier alpha value is -0.620. The van der Waals surface area contributed by atoms with Crippen LogP contribution in [-0.4, -0.2) is 27.5 Å². The maximum absolute atomic E-state index is 11.9. The first-order valence-corrected chi connectivity index (χ1v) is 8.03. The summed E-state index contributed by atoms with van der Waals surface area (Å²) >= 11 is 5.83. The number of hydrogen-bond acceptors (Lipinski definition) is 3. The second-order valence-corrected chi connectivity index (χ2v) is 6.77. The van der Waals surface area contributed by atoms with Crippen molar-refractivity contribution in [1.29, 1.82) is 0 Å². The van der Waals surface area contributed by atoms with Crippen LogP contribution < -0.4 is 10.0 Å². The predicted octanol–water partition coefficient (Wildman–Crippen LogP) is 1.51. The summed E-state index contributed by atoms with van der Waals surface area (Å²) < 4.78 is 26.4. The van der Waals surface area contributed by atoms with E-state index in [-0.39, 0.29) is 11.8 Å². The molecule has 0 unspecified atom stereocenters. The topological polar surface area (TPSA) is 58.2 Å². The first kappa shape index (κ1) is 13.8. The second kappa shape index (κ2) is 6.02. The molecular formula is C12H17ClN2O2S. The molecule has 1 heterocycles. The zero-order valence-corrected chi connectivity index (χ0v) is 11.6. The van der Waals surface area contributed by atoms with Crippen molar-refractivity contribution in [3.05, 3.63) is 34.9 Å². The molecular weight excluding hydrogens is 272 g/mol. The van der Waals surface area contributed by atoms with Crippen LogP contribution >= 0.6 is 11.6 Å². The second-order valence-electron chi connectivity index (χ2n) is 4.53. The molecule has 1 aliphatic heterocycles. The molecule has 0 bridgehead atoms.